The van der Waals surface area contributed by atoms with E-state index >= 15 is 0 Å². The monoisotopic (exact) mass is 295 g/mol. The van der Waals surface area contributed by atoms with E-state index in [4.69, 9.17) is 4.74 Å². The molecular formula is C12H13N3O6. The number of benzene rings is 1. The number of ether oxygens (including phenoxy) is 1. The van der Waals surface area contributed by atoms with Crippen molar-refractivity contribution >= 4 is 22.8 Å². The zero-order valence-corrected chi connectivity index (χ0v) is 11.3. The third kappa shape index (κ3) is 2.97. The topological polar surface area (TPSA) is 116 Å². The Bertz CT molecular complexity index is 574. The summed E-state index contributed by atoms with van der Waals surface area (Å²) in [6, 6.07) is 2.17. The van der Waals surface area contributed by atoms with Crippen LogP contribution in [0.15, 0.2) is 12.1 Å². The molecule has 9 nitrogen and oxygen atoms in total. The van der Waals surface area contributed by atoms with Crippen LogP contribution in [0.2, 0.25) is 0 Å². The fraction of sp³-hybridized carbons (Fsp3) is 0.417. The Hall–Kier alpha value is -2.55. The van der Waals surface area contributed by atoms with E-state index in [1.54, 1.807) is 4.90 Å². The maximum atomic E-state index is 11.4. The van der Waals surface area contributed by atoms with E-state index in [1.165, 1.54) is 6.92 Å². The van der Waals surface area contributed by atoms with Gasteiger partial charge in [-0.3, -0.25) is 25.0 Å². The molecule has 0 spiro atoms. The van der Waals surface area contributed by atoms with Crippen molar-refractivity contribution in [3.05, 3.63) is 37.9 Å². The van der Waals surface area contributed by atoms with Crippen molar-refractivity contribution in [1.82, 2.24) is 0 Å². The number of Topliss-reactive ketones (excluding diaryl/α,β-unsaturated/α-hetero) is 1. The minimum Gasteiger partial charge on any atom is -0.378 e. The molecule has 1 heterocycles. The van der Waals surface area contributed by atoms with E-state index in [1.807, 2.05) is 0 Å². The lowest BCUT2D eigenvalue weighted by Gasteiger charge is -2.28. The lowest BCUT2D eigenvalue weighted by molar-refractivity contribution is -0.392. The predicted octanol–water partition coefficient (Wildman–Crippen LogP) is 1.54. The molecule has 112 valence electrons. The zero-order valence-electron chi connectivity index (χ0n) is 11.3. The molecule has 1 aromatic rings. The SMILES string of the molecule is CC(=O)c1cc([N+](=O)[O-])c(N2CCOCC2)c([N+](=O)[O-])c1. The summed E-state index contributed by atoms with van der Waals surface area (Å²) in [7, 11) is 0. The number of morpholine rings is 1. The smallest absolute Gasteiger partial charge is 0.300 e. The van der Waals surface area contributed by atoms with Crippen molar-refractivity contribution in [2.24, 2.45) is 0 Å². The van der Waals surface area contributed by atoms with Gasteiger partial charge in [0.15, 0.2) is 11.5 Å². The number of rotatable bonds is 4. The number of carbonyl (C=O) groups excluding carboxylic acids is 1. The molecule has 0 unspecified atom stereocenters. The van der Waals surface area contributed by atoms with Gasteiger partial charge in [0.1, 0.15) is 0 Å². The molecule has 0 aliphatic carbocycles. The van der Waals surface area contributed by atoms with Gasteiger partial charge in [-0.25, -0.2) is 0 Å². The molecule has 0 atom stereocenters. The largest absolute Gasteiger partial charge is 0.378 e. The highest BCUT2D eigenvalue weighted by Gasteiger charge is 2.32. The van der Waals surface area contributed by atoms with E-state index in [9.17, 15) is 25.0 Å². The molecule has 1 aliphatic rings. The Morgan fingerprint density at radius 3 is 2.00 bits per heavy atom. The van der Waals surface area contributed by atoms with Crippen molar-refractivity contribution in [1.29, 1.82) is 0 Å². The van der Waals surface area contributed by atoms with Gasteiger partial charge >= 0.3 is 0 Å². The normalized spacial score (nSPS) is 14.8. The molecule has 0 amide bonds. The first kappa shape index (κ1) is 14.9. The second kappa shape index (κ2) is 5.83. The number of hydrogen-bond acceptors (Lipinski definition) is 7. The summed E-state index contributed by atoms with van der Waals surface area (Å²) in [6.07, 6.45) is 0. The first-order valence-electron chi connectivity index (χ1n) is 6.22. The number of nitrogens with zero attached hydrogens (tertiary/aromatic N) is 3. The molecular weight excluding hydrogens is 282 g/mol. The highest BCUT2D eigenvalue weighted by Crippen LogP contribution is 2.39. The molecule has 1 aliphatic heterocycles. The lowest BCUT2D eigenvalue weighted by atomic mass is 10.1. The van der Waals surface area contributed by atoms with Gasteiger partial charge in [-0.15, -0.1) is 0 Å². The first-order valence-corrected chi connectivity index (χ1v) is 6.22. The first-order chi connectivity index (χ1) is 9.91. The number of ketones is 1. The average molecular weight is 295 g/mol. The van der Waals surface area contributed by atoms with Crippen LogP contribution in [0.25, 0.3) is 0 Å². The van der Waals surface area contributed by atoms with Crippen LogP contribution in [0.5, 0.6) is 0 Å². The summed E-state index contributed by atoms with van der Waals surface area (Å²) >= 11 is 0. The van der Waals surface area contributed by atoms with Gasteiger partial charge < -0.3 is 9.64 Å². The summed E-state index contributed by atoms with van der Waals surface area (Å²) in [5.41, 5.74) is -0.990. The quantitative estimate of drug-likeness (QED) is 0.470. The van der Waals surface area contributed by atoms with Crippen molar-refractivity contribution < 1.29 is 19.4 Å². The van der Waals surface area contributed by atoms with E-state index in [0.29, 0.717) is 26.3 Å². The molecule has 21 heavy (non-hydrogen) atoms. The van der Waals surface area contributed by atoms with E-state index in [-0.39, 0.29) is 11.3 Å². The summed E-state index contributed by atoms with van der Waals surface area (Å²) in [4.78, 5) is 34.0. The highest BCUT2D eigenvalue weighted by molar-refractivity contribution is 5.97. The van der Waals surface area contributed by atoms with E-state index in [0.717, 1.165) is 12.1 Å². The van der Waals surface area contributed by atoms with Gasteiger partial charge in [0.05, 0.1) is 23.1 Å². The van der Waals surface area contributed by atoms with Gasteiger partial charge in [0.2, 0.25) is 0 Å². The van der Waals surface area contributed by atoms with Crippen molar-refractivity contribution in [3.8, 4) is 0 Å². The Morgan fingerprint density at radius 1 is 1.14 bits per heavy atom. The maximum absolute atomic E-state index is 11.4. The van der Waals surface area contributed by atoms with Crippen LogP contribution in [0.1, 0.15) is 17.3 Å². The maximum Gasteiger partial charge on any atom is 0.300 e. The summed E-state index contributed by atoms with van der Waals surface area (Å²) in [5.74, 6) is -0.463. The van der Waals surface area contributed by atoms with Crippen LogP contribution in [-0.2, 0) is 4.74 Å². The molecule has 1 saturated heterocycles. The van der Waals surface area contributed by atoms with Gasteiger partial charge in [-0.2, -0.15) is 0 Å². The van der Waals surface area contributed by atoms with Gasteiger partial charge in [-0.05, 0) is 6.92 Å². The third-order valence-corrected chi connectivity index (χ3v) is 3.20. The van der Waals surface area contributed by atoms with Crippen molar-refractivity contribution in [2.75, 3.05) is 31.2 Å². The molecule has 0 aromatic heterocycles. The third-order valence-electron chi connectivity index (χ3n) is 3.20. The van der Waals surface area contributed by atoms with Gasteiger partial charge in [-0.1, -0.05) is 0 Å². The van der Waals surface area contributed by atoms with E-state index in [2.05, 4.69) is 0 Å². The Morgan fingerprint density at radius 2 is 1.62 bits per heavy atom. The molecule has 1 aromatic carbocycles. The van der Waals surface area contributed by atoms with Crippen molar-refractivity contribution in [3.63, 3.8) is 0 Å². The van der Waals surface area contributed by atoms with Crippen LogP contribution < -0.4 is 4.90 Å². The number of carbonyl (C=O) groups is 1. The number of nitro benzene ring substituents is 2. The Kier molecular flexibility index (Phi) is 4.13. The van der Waals surface area contributed by atoms with Crippen LogP contribution in [0.3, 0.4) is 0 Å². The number of nitro groups is 2. The summed E-state index contributed by atoms with van der Waals surface area (Å²) in [6.45, 7) is 2.52. The Labute approximate surface area is 119 Å². The van der Waals surface area contributed by atoms with E-state index < -0.39 is 27.0 Å². The molecule has 0 saturated carbocycles. The van der Waals surface area contributed by atoms with Crippen molar-refractivity contribution in [2.45, 2.75) is 6.92 Å². The van der Waals surface area contributed by atoms with Gasteiger partial charge in [0, 0.05) is 30.8 Å². The van der Waals surface area contributed by atoms with Crippen LogP contribution in [0, 0.1) is 20.2 Å². The minimum atomic E-state index is -0.704. The second-order valence-electron chi connectivity index (χ2n) is 4.53. The molecule has 1 fully saturated rings. The molecule has 0 radical (unpaired) electrons. The van der Waals surface area contributed by atoms with Crippen LogP contribution in [0.4, 0.5) is 17.1 Å². The highest BCUT2D eigenvalue weighted by atomic mass is 16.6. The van der Waals surface area contributed by atoms with Gasteiger partial charge in [0.25, 0.3) is 11.4 Å². The molecule has 0 bridgehead atoms. The fourth-order valence-electron chi connectivity index (χ4n) is 2.20. The predicted molar refractivity (Wildman–Crippen MR) is 72.8 cm³/mol. The number of anilines is 1. The second-order valence-corrected chi connectivity index (χ2v) is 4.53. The molecule has 2 rings (SSSR count). The average Bonchev–Trinajstić information content (AvgIpc) is 2.46. The molecule has 9 heteroatoms. The Balaban J connectivity index is 2.66. The fourth-order valence-corrected chi connectivity index (χ4v) is 2.20. The minimum absolute atomic E-state index is 0.0505. The lowest BCUT2D eigenvalue weighted by Crippen LogP contribution is -2.37. The number of hydrogen-bond donors (Lipinski definition) is 0. The standard InChI is InChI=1S/C12H13N3O6/c1-8(16)9-6-10(14(17)18)12(11(7-9)15(19)20)13-2-4-21-5-3-13/h6-7H,2-5H2,1H3. The van der Waals surface area contributed by atoms with Crippen LogP contribution >= 0.6 is 0 Å². The summed E-state index contributed by atoms with van der Waals surface area (Å²) in [5, 5.41) is 22.5. The zero-order chi connectivity index (χ0) is 15.6. The molecule has 0 N–H and O–H groups in total. The summed E-state index contributed by atoms with van der Waals surface area (Å²) < 4.78 is 5.15. The van der Waals surface area contributed by atoms with Crippen LogP contribution in [-0.4, -0.2) is 41.9 Å².